The van der Waals surface area contributed by atoms with Crippen LogP contribution in [0.3, 0.4) is 0 Å². The van der Waals surface area contributed by atoms with Gasteiger partial charge in [0.1, 0.15) is 0 Å². The normalized spacial score (nSPS) is 10.7. The molecule has 5 nitrogen and oxygen atoms in total. The molecule has 0 atom stereocenters. The zero-order valence-corrected chi connectivity index (χ0v) is 11.6. The van der Waals surface area contributed by atoms with Gasteiger partial charge in [-0.05, 0) is 35.9 Å². The minimum absolute atomic E-state index is 0.0413. The number of anilines is 1. The van der Waals surface area contributed by atoms with Gasteiger partial charge in [0.2, 0.25) is 0 Å². The summed E-state index contributed by atoms with van der Waals surface area (Å²) in [5, 5.41) is 15.4. The lowest BCUT2D eigenvalue weighted by atomic mass is 10.2. The van der Waals surface area contributed by atoms with Crippen LogP contribution < -0.4 is 5.43 Å². The van der Waals surface area contributed by atoms with E-state index >= 15 is 0 Å². The highest BCUT2D eigenvalue weighted by atomic mass is 35.5. The summed E-state index contributed by atoms with van der Waals surface area (Å²) in [6.45, 7) is 0. The van der Waals surface area contributed by atoms with Crippen LogP contribution in [0.25, 0.3) is 0 Å². The maximum Gasteiger partial charge on any atom is 0.269 e. The van der Waals surface area contributed by atoms with E-state index < -0.39 is 4.92 Å². The van der Waals surface area contributed by atoms with E-state index in [1.165, 1.54) is 12.1 Å². The third kappa shape index (κ3) is 3.69. The zero-order chi connectivity index (χ0) is 14.5. The Morgan fingerprint density at radius 3 is 2.40 bits per heavy atom. The molecule has 2 rings (SSSR count). The van der Waals surface area contributed by atoms with Gasteiger partial charge in [-0.2, -0.15) is 5.10 Å². The van der Waals surface area contributed by atoms with E-state index in [1.807, 2.05) is 0 Å². The maximum atomic E-state index is 10.5. The van der Waals surface area contributed by atoms with Crippen LogP contribution in [0, 0.1) is 10.1 Å². The van der Waals surface area contributed by atoms with Crippen LogP contribution in [0.4, 0.5) is 11.4 Å². The van der Waals surface area contributed by atoms with Crippen molar-refractivity contribution in [3.8, 4) is 0 Å². The van der Waals surface area contributed by atoms with Crippen molar-refractivity contribution in [1.82, 2.24) is 0 Å². The number of nitro benzene ring substituents is 1. The molecule has 102 valence electrons. The van der Waals surface area contributed by atoms with Gasteiger partial charge < -0.3 is 0 Å². The van der Waals surface area contributed by atoms with Crippen LogP contribution in [0.15, 0.2) is 47.6 Å². The van der Waals surface area contributed by atoms with Crippen molar-refractivity contribution < 1.29 is 4.92 Å². The van der Waals surface area contributed by atoms with Gasteiger partial charge in [0.25, 0.3) is 5.69 Å². The Bertz CT molecular complexity index is 657. The van der Waals surface area contributed by atoms with Crippen molar-refractivity contribution in [2.24, 2.45) is 5.10 Å². The van der Waals surface area contributed by atoms with Crippen LogP contribution in [0.1, 0.15) is 5.56 Å². The first-order valence-corrected chi connectivity index (χ1v) is 6.30. The fraction of sp³-hybridized carbons (Fsp3) is 0. The summed E-state index contributed by atoms with van der Waals surface area (Å²) in [5.41, 5.74) is 4.26. The summed E-state index contributed by atoms with van der Waals surface area (Å²) >= 11 is 11.7. The molecule has 0 saturated carbocycles. The van der Waals surface area contributed by atoms with Crippen molar-refractivity contribution in [3.63, 3.8) is 0 Å². The smallest absolute Gasteiger partial charge is 0.269 e. The number of hydrogen-bond donors (Lipinski definition) is 1. The lowest BCUT2D eigenvalue weighted by Gasteiger charge is -2.01. The SMILES string of the molecule is O=[N+]([O-])c1ccc(/C=N/Nc2ccc(Cl)c(Cl)c2)cc1. The average Bonchev–Trinajstić information content (AvgIpc) is 2.43. The fourth-order valence-corrected chi connectivity index (χ4v) is 1.73. The molecule has 0 spiro atoms. The summed E-state index contributed by atoms with van der Waals surface area (Å²) in [5.74, 6) is 0. The minimum atomic E-state index is -0.450. The van der Waals surface area contributed by atoms with Gasteiger partial charge >= 0.3 is 0 Å². The van der Waals surface area contributed by atoms with Crippen molar-refractivity contribution in [2.75, 3.05) is 5.43 Å². The molecule has 0 heterocycles. The van der Waals surface area contributed by atoms with E-state index in [0.717, 1.165) is 5.56 Å². The highest BCUT2D eigenvalue weighted by Crippen LogP contribution is 2.24. The molecule has 7 heteroatoms. The Kier molecular flexibility index (Phi) is 4.55. The molecule has 0 amide bonds. The monoisotopic (exact) mass is 309 g/mol. The lowest BCUT2D eigenvalue weighted by molar-refractivity contribution is -0.384. The molecule has 1 N–H and O–H groups in total. The number of nitro groups is 1. The van der Waals surface area contributed by atoms with Crippen LogP contribution >= 0.6 is 23.2 Å². The molecule has 0 unspecified atom stereocenters. The molecule has 20 heavy (non-hydrogen) atoms. The number of rotatable bonds is 4. The lowest BCUT2D eigenvalue weighted by Crippen LogP contribution is -1.92. The van der Waals surface area contributed by atoms with E-state index in [4.69, 9.17) is 23.2 Å². The second-order valence-corrected chi connectivity index (χ2v) is 4.66. The van der Waals surface area contributed by atoms with Gasteiger partial charge in [0.15, 0.2) is 0 Å². The third-order valence-corrected chi connectivity index (χ3v) is 3.17. The Hall–Kier alpha value is -2.11. The highest BCUT2D eigenvalue weighted by molar-refractivity contribution is 6.42. The molecule has 0 bridgehead atoms. The maximum absolute atomic E-state index is 10.5. The minimum Gasteiger partial charge on any atom is -0.278 e. The standard InChI is InChI=1S/C13H9Cl2N3O2/c14-12-6-3-10(7-13(12)15)17-16-8-9-1-4-11(5-2-9)18(19)20/h1-8,17H/b16-8+. The second-order valence-electron chi connectivity index (χ2n) is 3.85. The van der Waals surface area contributed by atoms with Gasteiger partial charge in [-0.3, -0.25) is 15.5 Å². The molecular weight excluding hydrogens is 301 g/mol. The molecular formula is C13H9Cl2N3O2. The molecule has 0 fully saturated rings. The van der Waals surface area contributed by atoms with Crippen molar-refractivity contribution >= 4 is 40.8 Å². The summed E-state index contributed by atoms with van der Waals surface area (Å²) in [7, 11) is 0. The van der Waals surface area contributed by atoms with Crippen LogP contribution in [0.2, 0.25) is 10.0 Å². The molecule has 0 aliphatic rings. The van der Waals surface area contributed by atoms with Crippen molar-refractivity contribution in [2.45, 2.75) is 0 Å². The Balaban J connectivity index is 2.02. The highest BCUT2D eigenvalue weighted by Gasteiger charge is 2.02. The summed E-state index contributed by atoms with van der Waals surface area (Å²) in [6.07, 6.45) is 1.55. The second kappa shape index (κ2) is 6.36. The fourth-order valence-electron chi connectivity index (χ4n) is 1.43. The molecule has 0 aliphatic carbocycles. The third-order valence-electron chi connectivity index (χ3n) is 2.43. The molecule has 0 aliphatic heterocycles. The first-order chi connectivity index (χ1) is 9.56. The summed E-state index contributed by atoms with van der Waals surface area (Å²) in [4.78, 5) is 10.1. The summed E-state index contributed by atoms with van der Waals surface area (Å²) < 4.78 is 0. The number of halogens is 2. The molecule has 0 radical (unpaired) electrons. The van der Waals surface area contributed by atoms with E-state index in [-0.39, 0.29) is 5.69 Å². The predicted molar refractivity (Wildman–Crippen MR) is 80.8 cm³/mol. The number of hydrazone groups is 1. The largest absolute Gasteiger partial charge is 0.278 e. The van der Waals surface area contributed by atoms with Gasteiger partial charge in [-0.25, -0.2) is 0 Å². The van der Waals surface area contributed by atoms with Crippen molar-refractivity contribution in [3.05, 3.63) is 68.2 Å². The van der Waals surface area contributed by atoms with Gasteiger partial charge in [-0.1, -0.05) is 23.2 Å². The van der Waals surface area contributed by atoms with Crippen LogP contribution in [-0.4, -0.2) is 11.1 Å². The summed E-state index contributed by atoms with van der Waals surface area (Å²) in [6, 6.07) is 11.1. The van der Waals surface area contributed by atoms with Crippen molar-refractivity contribution in [1.29, 1.82) is 0 Å². The van der Waals surface area contributed by atoms with E-state index in [0.29, 0.717) is 15.7 Å². The number of nitrogens with zero attached hydrogens (tertiary/aromatic N) is 2. The molecule has 2 aromatic carbocycles. The number of nitrogens with one attached hydrogen (secondary N) is 1. The quantitative estimate of drug-likeness (QED) is 0.518. The number of non-ortho nitro benzene ring substituents is 1. The topological polar surface area (TPSA) is 67.5 Å². The van der Waals surface area contributed by atoms with Gasteiger partial charge in [-0.15, -0.1) is 0 Å². The van der Waals surface area contributed by atoms with Gasteiger partial charge in [0.05, 0.1) is 26.9 Å². The Morgan fingerprint density at radius 2 is 1.80 bits per heavy atom. The van der Waals surface area contributed by atoms with Crippen LogP contribution in [0.5, 0.6) is 0 Å². The Labute approximate surface area is 125 Å². The molecule has 0 saturated heterocycles. The Morgan fingerprint density at radius 1 is 1.10 bits per heavy atom. The number of benzene rings is 2. The van der Waals surface area contributed by atoms with E-state index in [2.05, 4.69) is 10.5 Å². The predicted octanol–water partition coefficient (Wildman–Crippen LogP) is 4.35. The average molecular weight is 310 g/mol. The number of hydrogen-bond acceptors (Lipinski definition) is 4. The first-order valence-electron chi connectivity index (χ1n) is 5.55. The molecule has 0 aromatic heterocycles. The van der Waals surface area contributed by atoms with E-state index in [1.54, 1.807) is 36.5 Å². The molecule has 2 aromatic rings. The zero-order valence-electron chi connectivity index (χ0n) is 10.1. The van der Waals surface area contributed by atoms with E-state index in [9.17, 15) is 10.1 Å². The first kappa shape index (κ1) is 14.3. The van der Waals surface area contributed by atoms with Crippen LogP contribution in [-0.2, 0) is 0 Å². The van der Waals surface area contributed by atoms with Gasteiger partial charge in [0, 0.05) is 12.1 Å².